The molecule has 0 fully saturated rings. The highest BCUT2D eigenvalue weighted by Gasteiger charge is 2.02. The van der Waals surface area contributed by atoms with Crippen molar-refractivity contribution in [2.24, 2.45) is 7.05 Å². The minimum Gasteiger partial charge on any atom is -0.383 e. The summed E-state index contributed by atoms with van der Waals surface area (Å²) in [7, 11) is 1.81. The van der Waals surface area contributed by atoms with Gasteiger partial charge in [0, 0.05) is 13.1 Å². The molecule has 0 spiro atoms. The topological polar surface area (TPSA) is 94.5 Å². The van der Waals surface area contributed by atoms with E-state index in [4.69, 9.17) is 5.73 Å². The second-order valence-corrected chi connectivity index (χ2v) is 3.94. The lowest BCUT2D eigenvalue weighted by Gasteiger charge is -2.03. The normalized spacial score (nSPS) is 10.4. The van der Waals surface area contributed by atoms with Crippen LogP contribution in [0.15, 0.2) is 17.0 Å². The van der Waals surface area contributed by atoms with E-state index in [0.29, 0.717) is 28.7 Å². The SMILES string of the molecule is Cn1cnc(CNc2nc(N)cc(Br)n2)n1. The fourth-order valence-corrected chi connectivity index (χ4v) is 1.54. The van der Waals surface area contributed by atoms with Gasteiger partial charge in [-0.1, -0.05) is 0 Å². The van der Waals surface area contributed by atoms with Crippen LogP contribution in [0.3, 0.4) is 0 Å². The van der Waals surface area contributed by atoms with E-state index in [1.54, 1.807) is 17.1 Å². The van der Waals surface area contributed by atoms with E-state index in [1.807, 2.05) is 7.05 Å². The summed E-state index contributed by atoms with van der Waals surface area (Å²) in [6.45, 7) is 0.455. The Morgan fingerprint density at radius 3 is 2.94 bits per heavy atom. The van der Waals surface area contributed by atoms with E-state index in [2.05, 4.69) is 41.3 Å². The van der Waals surface area contributed by atoms with Crippen LogP contribution in [0.5, 0.6) is 0 Å². The lowest BCUT2D eigenvalue weighted by Crippen LogP contribution is -2.07. The van der Waals surface area contributed by atoms with E-state index < -0.39 is 0 Å². The molecule has 7 nitrogen and oxygen atoms in total. The highest BCUT2D eigenvalue weighted by Crippen LogP contribution is 2.12. The number of aryl methyl sites for hydroxylation is 1. The highest BCUT2D eigenvalue weighted by molar-refractivity contribution is 9.10. The number of nitrogens with one attached hydrogen (secondary N) is 1. The van der Waals surface area contributed by atoms with Crippen molar-refractivity contribution in [2.45, 2.75) is 6.54 Å². The van der Waals surface area contributed by atoms with Gasteiger partial charge in [-0.15, -0.1) is 0 Å². The summed E-state index contributed by atoms with van der Waals surface area (Å²) in [6, 6.07) is 1.63. The van der Waals surface area contributed by atoms with Gasteiger partial charge in [0.15, 0.2) is 5.82 Å². The van der Waals surface area contributed by atoms with Gasteiger partial charge in [0.05, 0.1) is 6.54 Å². The molecule has 2 rings (SSSR count). The summed E-state index contributed by atoms with van der Waals surface area (Å²) in [6.07, 6.45) is 1.63. The van der Waals surface area contributed by atoms with Crippen LogP contribution in [0.2, 0.25) is 0 Å². The summed E-state index contributed by atoms with van der Waals surface area (Å²) in [5.41, 5.74) is 5.58. The Kier molecular flexibility index (Phi) is 3.00. The molecule has 0 aliphatic carbocycles. The Morgan fingerprint density at radius 1 is 1.50 bits per heavy atom. The summed E-state index contributed by atoms with van der Waals surface area (Å²) in [5, 5.41) is 7.10. The second kappa shape index (κ2) is 4.44. The second-order valence-electron chi connectivity index (χ2n) is 3.13. The number of hydrogen-bond acceptors (Lipinski definition) is 6. The number of hydrogen-bond donors (Lipinski definition) is 2. The number of halogens is 1. The third-order valence-corrected chi connectivity index (χ3v) is 2.17. The summed E-state index contributed by atoms with van der Waals surface area (Å²) >= 11 is 3.24. The number of nitrogen functional groups attached to an aromatic ring is 1. The number of nitrogens with zero attached hydrogens (tertiary/aromatic N) is 5. The molecule has 0 aliphatic heterocycles. The molecular weight excluding hydrogens is 274 g/mol. The summed E-state index contributed by atoms with van der Waals surface area (Å²) in [4.78, 5) is 12.2. The Labute approximate surface area is 100 Å². The lowest BCUT2D eigenvalue weighted by atomic mass is 10.6. The van der Waals surface area contributed by atoms with Crippen LogP contribution in [-0.2, 0) is 13.6 Å². The monoisotopic (exact) mass is 283 g/mol. The fourth-order valence-electron chi connectivity index (χ4n) is 1.14. The van der Waals surface area contributed by atoms with Crippen LogP contribution in [0.4, 0.5) is 11.8 Å². The van der Waals surface area contributed by atoms with Crippen molar-refractivity contribution in [3.05, 3.63) is 22.8 Å². The van der Waals surface area contributed by atoms with Crippen molar-refractivity contribution in [2.75, 3.05) is 11.1 Å². The molecular formula is C8H10BrN7. The van der Waals surface area contributed by atoms with E-state index in [1.165, 1.54) is 0 Å². The summed E-state index contributed by atoms with van der Waals surface area (Å²) < 4.78 is 2.27. The Balaban J connectivity index is 2.04. The van der Waals surface area contributed by atoms with Crippen LogP contribution < -0.4 is 11.1 Å². The minimum absolute atomic E-state index is 0.401. The van der Waals surface area contributed by atoms with E-state index in [9.17, 15) is 0 Å². The molecule has 8 heteroatoms. The molecule has 0 unspecified atom stereocenters. The first-order valence-corrected chi connectivity index (χ1v) is 5.31. The van der Waals surface area contributed by atoms with Crippen molar-refractivity contribution in [1.29, 1.82) is 0 Å². The van der Waals surface area contributed by atoms with Gasteiger partial charge in [-0.3, -0.25) is 4.68 Å². The van der Waals surface area contributed by atoms with Gasteiger partial charge in [-0.25, -0.2) is 9.97 Å². The zero-order valence-corrected chi connectivity index (χ0v) is 10.1. The standard InChI is InChI=1S/C8H10BrN7/c1-16-4-12-7(15-16)3-11-8-13-5(9)2-6(10)14-8/h2,4H,3H2,1H3,(H3,10,11,13,14). The maximum absolute atomic E-state index is 5.58. The van der Waals surface area contributed by atoms with Crippen LogP contribution in [-0.4, -0.2) is 24.7 Å². The molecule has 3 N–H and O–H groups in total. The molecule has 16 heavy (non-hydrogen) atoms. The predicted octanol–water partition coefficient (Wildman–Crippen LogP) is 0.562. The van der Waals surface area contributed by atoms with Gasteiger partial charge in [0.25, 0.3) is 0 Å². The van der Waals surface area contributed by atoms with Gasteiger partial charge < -0.3 is 11.1 Å². The molecule has 2 heterocycles. The van der Waals surface area contributed by atoms with Crippen molar-refractivity contribution < 1.29 is 0 Å². The molecule has 0 amide bonds. The van der Waals surface area contributed by atoms with Gasteiger partial charge in [-0.2, -0.15) is 10.1 Å². The zero-order chi connectivity index (χ0) is 11.5. The third kappa shape index (κ3) is 2.66. The lowest BCUT2D eigenvalue weighted by molar-refractivity contribution is 0.746. The molecule has 0 bridgehead atoms. The maximum Gasteiger partial charge on any atom is 0.226 e. The van der Waals surface area contributed by atoms with Crippen molar-refractivity contribution >= 4 is 27.7 Å². The third-order valence-electron chi connectivity index (χ3n) is 1.77. The maximum atomic E-state index is 5.58. The molecule has 0 aliphatic rings. The smallest absolute Gasteiger partial charge is 0.226 e. The predicted molar refractivity (Wildman–Crippen MR) is 62.5 cm³/mol. The van der Waals surface area contributed by atoms with E-state index in [0.717, 1.165) is 0 Å². The van der Waals surface area contributed by atoms with E-state index in [-0.39, 0.29) is 0 Å². The zero-order valence-electron chi connectivity index (χ0n) is 8.55. The average Bonchev–Trinajstić information content (AvgIpc) is 2.60. The highest BCUT2D eigenvalue weighted by atomic mass is 79.9. The largest absolute Gasteiger partial charge is 0.383 e. The summed E-state index contributed by atoms with van der Waals surface area (Å²) in [5.74, 6) is 1.52. The molecule has 84 valence electrons. The molecule has 0 aromatic carbocycles. The molecule has 2 aromatic rings. The van der Waals surface area contributed by atoms with Crippen LogP contribution in [0, 0.1) is 0 Å². The molecule has 2 aromatic heterocycles. The van der Waals surface area contributed by atoms with Gasteiger partial charge in [0.1, 0.15) is 16.7 Å². The number of anilines is 2. The van der Waals surface area contributed by atoms with Crippen molar-refractivity contribution in [1.82, 2.24) is 24.7 Å². The van der Waals surface area contributed by atoms with Gasteiger partial charge in [0.2, 0.25) is 5.95 Å². The molecule has 0 radical (unpaired) electrons. The quantitative estimate of drug-likeness (QED) is 0.800. The van der Waals surface area contributed by atoms with Gasteiger partial charge >= 0.3 is 0 Å². The van der Waals surface area contributed by atoms with Crippen molar-refractivity contribution in [3.8, 4) is 0 Å². The van der Waals surface area contributed by atoms with Gasteiger partial charge in [-0.05, 0) is 15.9 Å². The molecule has 0 saturated heterocycles. The number of aromatic nitrogens is 5. The van der Waals surface area contributed by atoms with Crippen LogP contribution in [0.1, 0.15) is 5.82 Å². The average molecular weight is 284 g/mol. The molecule has 0 atom stereocenters. The first-order valence-electron chi connectivity index (χ1n) is 4.52. The minimum atomic E-state index is 0.401. The van der Waals surface area contributed by atoms with Crippen LogP contribution >= 0.6 is 15.9 Å². The Bertz CT molecular complexity index is 475. The first kappa shape index (κ1) is 10.8. The Hall–Kier alpha value is -1.70. The van der Waals surface area contributed by atoms with E-state index >= 15 is 0 Å². The number of nitrogens with two attached hydrogens (primary N) is 1. The first-order chi connectivity index (χ1) is 7.63. The van der Waals surface area contributed by atoms with Crippen LogP contribution in [0.25, 0.3) is 0 Å². The fraction of sp³-hybridized carbons (Fsp3) is 0.250. The van der Waals surface area contributed by atoms with Crippen molar-refractivity contribution in [3.63, 3.8) is 0 Å². The Morgan fingerprint density at radius 2 is 2.31 bits per heavy atom. The number of rotatable bonds is 3. The molecule has 0 saturated carbocycles.